The molecule has 1 aromatic carbocycles. The van der Waals surface area contributed by atoms with E-state index < -0.39 is 11.7 Å². The number of halogens is 4. The van der Waals surface area contributed by atoms with Gasteiger partial charge in [0.25, 0.3) is 5.91 Å². The van der Waals surface area contributed by atoms with Gasteiger partial charge in [-0.05, 0) is 53.4 Å². The van der Waals surface area contributed by atoms with E-state index in [1.54, 1.807) is 4.90 Å². The highest BCUT2D eigenvalue weighted by Crippen LogP contribution is 2.33. The molecule has 20 heavy (non-hydrogen) atoms. The number of carbonyl (C=O) groups excluding carboxylic acids is 1. The first-order chi connectivity index (χ1) is 9.34. The van der Waals surface area contributed by atoms with E-state index in [1.165, 1.54) is 6.07 Å². The lowest BCUT2D eigenvalue weighted by atomic mass is 10.1. The summed E-state index contributed by atoms with van der Waals surface area (Å²) in [4.78, 5) is 14.1. The summed E-state index contributed by atoms with van der Waals surface area (Å²) in [6.45, 7) is 2.59. The van der Waals surface area contributed by atoms with E-state index in [-0.39, 0.29) is 17.5 Å². The lowest BCUT2D eigenvalue weighted by molar-refractivity contribution is -0.137. The predicted octanol–water partition coefficient (Wildman–Crippen LogP) is 4.48. The molecule has 1 saturated heterocycles. The number of rotatable bonds is 2. The Hall–Kier alpha value is -1.04. The zero-order valence-electron chi connectivity index (χ0n) is 11.0. The van der Waals surface area contributed by atoms with Crippen LogP contribution in [0.25, 0.3) is 0 Å². The third kappa shape index (κ3) is 3.00. The first kappa shape index (κ1) is 15.4. The largest absolute Gasteiger partial charge is 0.416 e. The van der Waals surface area contributed by atoms with Crippen LogP contribution < -0.4 is 0 Å². The maximum Gasteiger partial charge on any atom is 0.416 e. The molecule has 1 amide bonds. The minimum atomic E-state index is -4.44. The summed E-state index contributed by atoms with van der Waals surface area (Å²) in [5.41, 5.74) is -0.712. The van der Waals surface area contributed by atoms with Gasteiger partial charge in [0.15, 0.2) is 0 Å². The summed E-state index contributed by atoms with van der Waals surface area (Å²) in [6.07, 6.45) is -1.80. The van der Waals surface area contributed by atoms with Crippen molar-refractivity contribution in [2.45, 2.75) is 38.4 Å². The number of benzene rings is 1. The molecule has 1 atom stereocenters. The van der Waals surface area contributed by atoms with Crippen LogP contribution in [-0.4, -0.2) is 23.4 Å². The molecule has 0 N–H and O–H groups in total. The molecule has 0 aromatic heterocycles. The molecule has 1 aromatic rings. The standard InChI is InChI=1S/C14H15BrF3NO/c1-2-10-4-3-7-19(10)13(20)11-8-9(14(16,17)18)5-6-12(11)15/h5-6,8,10H,2-4,7H2,1H3. The van der Waals surface area contributed by atoms with E-state index in [0.29, 0.717) is 11.0 Å². The summed E-state index contributed by atoms with van der Waals surface area (Å²) in [5.74, 6) is -0.327. The summed E-state index contributed by atoms with van der Waals surface area (Å²) in [5, 5.41) is 0. The van der Waals surface area contributed by atoms with Gasteiger partial charge in [0, 0.05) is 17.1 Å². The van der Waals surface area contributed by atoms with Crippen LogP contribution in [0.5, 0.6) is 0 Å². The van der Waals surface area contributed by atoms with Gasteiger partial charge in [0.05, 0.1) is 11.1 Å². The van der Waals surface area contributed by atoms with Gasteiger partial charge < -0.3 is 4.90 Å². The van der Waals surface area contributed by atoms with Crippen molar-refractivity contribution < 1.29 is 18.0 Å². The third-order valence-electron chi connectivity index (χ3n) is 3.63. The van der Waals surface area contributed by atoms with Crippen LogP contribution in [0.15, 0.2) is 22.7 Å². The van der Waals surface area contributed by atoms with Crippen molar-refractivity contribution in [3.63, 3.8) is 0 Å². The minimum absolute atomic E-state index is 0.0835. The SMILES string of the molecule is CCC1CCCN1C(=O)c1cc(C(F)(F)F)ccc1Br. The van der Waals surface area contributed by atoms with Gasteiger partial charge in [0.1, 0.15) is 0 Å². The second-order valence-corrected chi connectivity index (χ2v) is 5.75. The molecule has 0 saturated carbocycles. The molecule has 0 bridgehead atoms. The first-order valence-electron chi connectivity index (χ1n) is 6.52. The highest BCUT2D eigenvalue weighted by molar-refractivity contribution is 9.10. The van der Waals surface area contributed by atoms with Crippen LogP contribution >= 0.6 is 15.9 Å². The van der Waals surface area contributed by atoms with E-state index in [1.807, 2.05) is 6.92 Å². The molecular formula is C14H15BrF3NO. The van der Waals surface area contributed by atoms with Crippen LogP contribution in [0.4, 0.5) is 13.2 Å². The Morgan fingerprint density at radius 3 is 2.75 bits per heavy atom. The van der Waals surface area contributed by atoms with E-state index >= 15 is 0 Å². The number of amides is 1. The second kappa shape index (κ2) is 5.76. The fourth-order valence-electron chi connectivity index (χ4n) is 2.55. The number of alkyl halides is 3. The highest BCUT2D eigenvalue weighted by atomic mass is 79.9. The van der Waals surface area contributed by atoms with Gasteiger partial charge in [-0.15, -0.1) is 0 Å². The molecule has 2 nitrogen and oxygen atoms in total. The Bertz CT molecular complexity index is 516. The topological polar surface area (TPSA) is 20.3 Å². The Kier molecular flexibility index (Phi) is 4.42. The maximum atomic E-state index is 12.7. The maximum absolute atomic E-state index is 12.7. The normalized spacial score (nSPS) is 19.4. The van der Waals surface area contributed by atoms with Gasteiger partial charge in [-0.25, -0.2) is 0 Å². The van der Waals surface area contributed by atoms with Gasteiger partial charge in [0.2, 0.25) is 0 Å². The number of nitrogens with zero attached hydrogens (tertiary/aromatic N) is 1. The fraction of sp³-hybridized carbons (Fsp3) is 0.500. The average molecular weight is 350 g/mol. The molecule has 1 unspecified atom stereocenters. The van der Waals surface area contributed by atoms with Gasteiger partial charge >= 0.3 is 6.18 Å². The van der Waals surface area contributed by atoms with Crippen molar-refractivity contribution in [2.24, 2.45) is 0 Å². The van der Waals surface area contributed by atoms with E-state index in [4.69, 9.17) is 0 Å². The Morgan fingerprint density at radius 1 is 1.45 bits per heavy atom. The highest BCUT2D eigenvalue weighted by Gasteiger charge is 2.34. The number of likely N-dealkylation sites (tertiary alicyclic amines) is 1. The minimum Gasteiger partial charge on any atom is -0.336 e. The predicted molar refractivity (Wildman–Crippen MR) is 73.5 cm³/mol. The summed E-state index contributed by atoms with van der Waals surface area (Å²) >= 11 is 3.17. The zero-order valence-corrected chi connectivity index (χ0v) is 12.6. The monoisotopic (exact) mass is 349 g/mol. The summed E-state index contributed by atoms with van der Waals surface area (Å²) in [7, 11) is 0. The van der Waals surface area contributed by atoms with Crippen molar-refractivity contribution in [3.05, 3.63) is 33.8 Å². The van der Waals surface area contributed by atoms with Crippen LogP contribution in [0.1, 0.15) is 42.1 Å². The molecule has 2 rings (SSSR count). The van der Waals surface area contributed by atoms with Gasteiger partial charge in [-0.1, -0.05) is 6.92 Å². The van der Waals surface area contributed by atoms with Gasteiger partial charge in [-0.2, -0.15) is 13.2 Å². The molecular weight excluding hydrogens is 335 g/mol. The molecule has 0 radical (unpaired) electrons. The van der Waals surface area contributed by atoms with Crippen LogP contribution in [0.3, 0.4) is 0 Å². The van der Waals surface area contributed by atoms with Crippen LogP contribution in [0.2, 0.25) is 0 Å². The molecule has 1 fully saturated rings. The molecule has 0 spiro atoms. The third-order valence-corrected chi connectivity index (χ3v) is 4.32. The van der Waals surface area contributed by atoms with E-state index in [2.05, 4.69) is 15.9 Å². The van der Waals surface area contributed by atoms with Crippen molar-refractivity contribution in [2.75, 3.05) is 6.54 Å². The zero-order chi connectivity index (χ0) is 14.9. The smallest absolute Gasteiger partial charge is 0.336 e. The van der Waals surface area contributed by atoms with Crippen molar-refractivity contribution in [3.8, 4) is 0 Å². The van der Waals surface area contributed by atoms with Crippen molar-refractivity contribution in [1.82, 2.24) is 4.90 Å². The lowest BCUT2D eigenvalue weighted by Crippen LogP contribution is -2.35. The number of hydrogen-bond donors (Lipinski definition) is 0. The quantitative estimate of drug-likeness (QED) is 0.770. The van der Waals surface area contributed by atoms with Crippen molar-refractivity contribution >= 4 is 21.8 Å². The summed E-state index contributed by atoms with van der Waals surface area (Å²) < 4.78 is 38.6. The summed E-state index contributed by atoms with van der Waals surface area (Å²) in [6, 6.07) is 3.32. The molecule has 1 aliphatic heterocycles. The number of carbonyl (C=O) groups is 1. The Balaban J connectivity index is 2.34. The van der Waals surface area contributed by atoms with Gasteiger partial charge in [-0.3, -0.25) is 4.79 Å². The van der Waals surface area contributed by atoms with Crippen molar-refractivity contribution in [1.29, 1.82) is 0 Å². The molecule has 1 aliphatic rings. The average Bonchev–Trinajstić information content (AvgIpc) is 2.85. The fourth-order valence-corrected chi connectivity index (χ4v) is 2.96. The molecule has 110 valence electrons. The molecule has 0 aliphatic carbocycles. The molecule has 1 heterocycles. The van der Waals surface area contributed by atoms with Crippen LogP contribution in [0, 0.1) is 0 Å². The van der Waals surface area contributed by atoms with E-state index in [0.717, 1.165) is 31.4 Å². The Morgan fingerprint density at radius 2 is 2.15 bits per heavy atom. The Labute approximate surface area is 124 Å². The molecule has 6 heteroatoms. The lowest BCUT2D eigenvalue weighted by Gasteiger charge is -2.24. The van der Waals surface area contributed by atoms with E-state index in [9.17, 15) is 18.0 Å². The second-order valence-electron chi connectivity index (χ2n) is 4.90. The van der Waals surface area contributed by atoms with Crippen LogP contribution in [-0.2, 0) is 6.18 Å². The first-order valence-corrected chi connectivity index (χ1v) is 7.31. The number of hydrogen-bond acceptors (Lipinski definition) is 1.